The number of carbonyl (C=O) groups excluding carboxylic acids is 1. The molecule has 6 nitrogen and oxygen atoms in total. The highest BCUT2D eigenvalue weighted by Crippen LogP contribution is 2.33. The zero-order valence-corrected chi connectivity index (χ0v) is 17.1. The monoisotopic (exact) mass is 387 g/mol. The molecular weight excluding hydrogens is 354 g/mol. The van der Waals surface area contributed by atoms with E-state index in [-0.39, 0.29) is 5.91 Å². The molecule has 3 saturated heterocycles. The molecule has 0 saturated carbocycles. The number of piperidine rings is 1. The Morgan fingerprint density at radius 3 is 2.39 bits per heavy atom. The number of ether oxygens (including phenoxy) is 2. The van der Waals surface area contributed by atoms with Gasteiger partial charge in [0.15, 0.2) is 0 Å². The van der Waals surface area contributed by atoms with Gasteiger partial charge < -0.3 is 25.0 Å². The molecule has 6 heteroatoms. The van der Waals surface area contributed by atoms with Gasteiger partial charge in [0.1, 0.15) is 11.5 Å². The van der Waals surface area contributed by atoms with Crippen LogP contribution in [-0.2, 0) is 4.79 Å². The molecule has 3 heterocycles. The molecule has 3 aliphatic heterocycles. The van der Waals surface area contributed by atoms with Crippen molar-refractivity contribution >= 4 is 11.6 Å². The van der Waals surface area contributed by atoms with Crippen molar-refractivity contribution in [2.75, 3.05) is 38.8 Å². The second-order valence-corrected chi connectivity index (χ2v) is 8.66. The second kappa shape index (κ2) is 8.60. The number of nitrogens with one attached hydrogen (secondary N) is 2. The van der Waals surface area contributed by atoms with Crippen molar-refractivity contribution in [1.29, 1.82) is 0 Å². The van der Waals surface area contributed by atoms with E-state index < -0.39 is 0 Å². The SMILES string of the molecule is COc1cc(OC)cc(N2CCC(CNC(=O)CC3CC4CCC(C3)N4)C2)c1. The van der Waals surface area contributed by atoms with Crippen molar-refractivity contribution in [3.8, 4) is 11.5 Å². The van der Waals surface area contributed by atoms with Gasteiger partial charge in [0.05, 0.1) is 14.2 Å². The first-order valence-corrected chi connectivity index (χ1v) is 10.6. The molecule has 3 aliphatic rings. The fourth-order valence-corrected chi connectivity index (χ4v) is 5.14. The summed E-state index contributed by atoms with van der Waals surface area (Å²) in [6.45, 7) is 2.72. The van der Waals surface area contributed by atoms with E-state index in [0.717, 1.165) is 43.2 Å². The molecule has 3 unspecified atom stereocenters. The van der Waals surface area contributed by atoms with E-state index in [1.54, 1.807) is 14.2 Å². The minimum Gasteiger partial charge on any atom is -0.497 e. The zero-order valence-electron chi connectivity index (χ0n) is 17.1. The van der Waals surface area contributed by atoms with Crippen molar-refractivity contribution in [3.63, 3.8) is 0 Å². The lowest BCUT2D eigenvalue weighted by atomic mass is 9.89. The van der Waals surface area contributed by atoms with E-state index in [1.165, 1.54) is 25.7 Å². The van der Waals surface area contributed by atoms with Gasteiger partial charge in [0.25, 0.3) is 0 Å². The summed E-state index contributed by atoms with van der Waals surface area (Å²) in [7, 11) is 3.35. The molecule has 0 radical (unpaired) electrons. The van der Waals surface area contributed by atoms with E-state index >= 15 is 0 Å². The minimum absolute atomic E-state index is 0.229. The summed E-state index contributed by atoms with van der Waals surface area (Å²) in [6, 6.07) is 7.30. The summed E-state index contributed by atoms with van der Waals surface area (Å²) in [5.74, 6) is 2.89. The van der Waals surface area contributed by atoms with E-state index in [4.69, 9.17) is 9.47 Å². The topological polar surface area (TPSA) is 62.8 Å². The van der Waals surface area contributed by atoms with Gasteiger partial charge in [-0.1, -0.05) is 0 Å². The maximum Gasteiger partial charge on any atom is 0.220 e. The first-order valence-electron chi connectivity index (χ1n) is 10.6. The highest BCUT2D eigenvalue weighted by Gasteiger charge is 2.34. The zero-order chi connectivity index (χ0) is 19.5. The summed E-state index contributed by atoms with van der Waals surface area (Å²) in [5.41, 5.74) is 1.12. The molecule has 4 rings (SSSR count). The average Bonchev–Trinajstić information content (AvgIpc) is 3.32. The summed E-state index contributed by atoms with van der Waals surface area (Å²) in [5, 5.41) is 6.86. The lowest BCUT2D eigenvalue weighted by molar-refractivity contribution is -0.122. The quantitative estimate of drug-likeness (QED) is 0.753. The number of amides is 1. The van der Waals surface area contributed by atoms with Gasteiger partial charge in [-0.05, 0) is 43.9 Å². The third kappa shape index (κ3) is 4.54. The molecule has 1 aromatic carbocycles. The molecule has 3 atom stereocenters. The van der Waals surface area contributed by atoms with Gasteiger partial charge in [-0.2, -0.15) is 0 Å². The predicted octanol–water partition coefficient (Wildman–Crippen LogP) is 2.57. The molecule has 28 heavy (non-hydrogen) atoms. The van der Waals surface area contributed by atoms with Gasteiger partial charge in [0, 0.05) is 62.0 Å². The van der Waals surface area contributed by atoms with Crippen LogP contribution >= 0.6 is 0 Å². The highest BCUT2D eigenvalue weighted by atomic mass is 16.5. The van der Waals surface area contributed by atoms with Crippen LogP contribution in [0.3, 0.4) is 0 Å². The Morgan fingerprint density at radius 2 is 1.75 bits per heavy atom. The van der Waals surface area contributed by atoms with Crippen molar-refractivity contribution < 1.29 is 14.3 Å². The van der Waals surface area contributed by atoms with Crippen molar-refractivity contribution in [1.82, 2.24) is 10.6 Å². The molecule has 0 spiro atoms. The standard InChI is InChI=1S/C22H33N3O3/c1-27-20-10-19(11-21(12-20)28-2)25-6-5-15(14-25)13-23-22(26)9-16-7-17-3-4-18(8-16)24-17/h10-12,15-18,24H,3-9,13-14H2,1-2H3,(H,23,26). The van der Waals surface area contributed by atoms with Gasteiger partial charge in [-0.25, -0.2) is 0 Å². The van der Waals surface area contributed by atoms with Crippen LogP contribution in [-0.4, -0.2) is 51.8 Å². The molecular formula is C22H33N3O3. The van der Waals surface area contributed by atoms with Crippen molar-refractivity contribution in [2.45, 2.75) is 50.6 Å². The van der Waals surface area contributed by atoms with Crippen molar-refractivity contribution in [3.05, 3.63) is 18.2 Å². The maximum atomic E-state index is 12.4. The van der Waals surface area contributed by atoms with Gasteiger partial charge in [-0.15, -0.1) is 0 Å². The largest absolute Gasteiger partial charge is 0.497 e. The molecule has 2 N–H and O–H groups in total. The van der Waals surface area contributed by atoms with Gasteiger partial charge in [0.2, 0.25) is 5.91 Å². The molecule has 2 bridgehead atoms. The lowest BCUT2D eigenvalue weighted by Crippen LogP contribution is -2.40. The summed E-state index contributed by atoms with van der Waals surface area (Å²) in [6.07, 6.45) is 6.69. The Labute approximate surface area is 168 Å². The highest BCUT2D eigenvalue weighted by molar-refractivity contribution is 5.76. The number of nitrogens with zero attached hydrogens (tertiary/aromatic N) is 1. The first kappa shape index (κ1) is 19.4. The Kier molecular flexibility index (Phi) is 5.95. The van der Waals surface area contributed by atoms with Crippen LogP contribution in [0, 0.1) is 11.8 Å². The Morgan fingerprint density at radius 1 is 1.07 bits per heavy atom. The van der Waals surface area contributed by atoms with Crippen molar-refractivity contribution in [2.24, 2.45) is 11.8 Å². The number of anilines is 1. The number of benzene rings is 1. The number of rotatable bonds is 7. The Hall–Kier alpha value is -1.95. The predicted molar refractivity (Wildman–Crippen MR) is 110 cm³/mol. The smallest absolute Gasteiger partial charge is 0.220 e. The second-order valence-electron chi connectivity index (χ2n) is 8.66. The van der Waals surface area contributed by atoms with Crippen LogP contribution in [0.1, 0.15) is 38.5 Å². The minimum atomic E-state index is 0.229. The van der Waals surface area contributed by atoms with Crippen LogP contribution in [0.15, 0.2) is 18.2 Å². The Bertz CT molecular complexity index is 661. The van der Waals surface area contributed by atoms with E-state index in [9.17, 15) is 4.79 Å². The molecule has 0 aromatic heterocycles. The fraction of sp³-hybridized carbons (Fsp3) is 0.682. The van der Waals surface area contributed by atoms with Crippen LogP contribution in [0.4, 0.5) is 5.69 Å². The lowest BCUT2D eigenvalue weighted by Gasteiger charge is -2.28. The van der Waals surface area contributed by atoms with Crippen LogP contribution in [0.2, 0.25) is 0 Å². The molecule has 1 amide bonds. The van der Waals surface area contributed by atoms with E-state index in [1.807, 2.05) is 6.07 Å². The number of hydrogen-bond donors (Lipinski definition) is 2. The number of carbonyl (C=O) groups is 1. The Balaban J connectivity index is 1.24. The summed E-state index contributed by atoms with van der Waals surface area (Å²) < 4.78 is 10.8. The fourth-order valence-electron chi connectivity index (χ4n) is 5.14. The van der Waals surface area contributed by atoms with E-state index in [2.05, 4.69) is 27.7 Å². The third-order valence-electron chi connectivity index (χ3n) is 6.62. The van der Waals surface area contributed by atoms with Crippen LogP contribution < -0.4 is 25.0 Å². The van der Waals surface area contributed by atoms with Gasteiger partial charge in [-0.3, -0.25) is 4.79 Å². The first-order chi connectivity index (χ1) is 13.6. The summed E-state index contributed by atoms with van der Waals surface area (Å²) in [4.78, 5) is 14.8. The normalized spacial score (nSPS) is 29.0. The van der Waals surface area contributed by atoms with Crippen LogP contribution in [0.25, 0.3) is 0 Å². The summed E-state index contributed by atoms with van der Waals surface area (Å²) >= 11 is 0. The molecule has 1 aromatic rings. The third-order valence-corrected chi connectivity index (χ3v) is 6.62. The molecule has 154 valence electrons. The number of fused-ring (bicyclic) bond motifs is 2. The molecule has 0 aliphatic carbocycles. The number of hydrogen-bond acceptors (Lipinski definition) is 5. The maximum absolute atomic E-state index is 12.4. The van der Waals surface area contributed by atoms with Gasteiger partial charge >= 0.3 is 0 Å². The number of methoxy groups -OCH3 is 2. The van der Waals surface area contributed by atoms with E-state index in [0.29, 0.717) is 30.3 Å². The van der Waals surface area contributed by atoms with Crippen LogP contribution in [0.5, 0.6) is 11.5 Å². The molecule has 3 fully saturated rings. The average molecular weight is 388 g/mol.